The van der Waals surface area contributed by atoms with Gasteiger partial charge in [-0.1, -0.05) is 18.1 Å². The molecule has 0 aromatic heterocycles. The average molecular weight is 230 g/mol. The van der Waals surface area contributed by atoms with Crippen LogP contribution < -0.4 is 11.1 Å². The summed E-state index contributed by atoms with van der Waals surface area (Å²) in [7, 11) is 0. The van der Waals surface area contributed by atoms with Gasteiger partial charge in [0.15, 0.2) is 0 Å². The Kier molecular flexibility index (Phi) is 4.74. The van der Waals surface area contributed by atoms with Gasteiger partial charge >= 0.3 is 0 Å². The van der Waals surface area contributed by atoms with E-state index in [1.165, 1.54) is 22.3 Å². The third-order valence-electron chi connectivity index (χ3n) is 3.19. The minimum absolute atomic E-state index is 0.0320. The Hall–Kier alpha value is -1.30. The number of rotatable bonds is 4. The molecule has 0 aliphatic rings. The predicted octanol–water partition coefficient (Wildman–Crippen LogP) is 2.22. The van der Waals surface area contributed by atoms with Crippen molar-refractivity contribution in [2.45, 2.75) is 39.8 Å². The lowest BCUT2D eigenvalue weighted by atomic mass is 9.95. The summed E-state index contributed by atoms with van der Waals surface area (Å²) < 4.78 is 0. The summed E-state index contributed by atoms with van der Waals surface area (Å²) in [5.74, 6) is 2.68. The van der Waals surface area contributed by atoms with E-state index in [0.29, 0.717) is 6.54 Å². The largest absolute Gasteiger partial charge is 0.329 e. The van der Waals surface area contributed by atoms with Gasteiger partial charge in [-0.15, -0.1) is 6.42 Å². The van der Waals surface area contributed by atoms with Crippen LogP contribution in [0.4, 0.5) is 0 Å². The molecule has 0 saturated heterocycles. The first-order chi connectivity index (χ1) is 7.99. The van der Waals surface area contributed by atoms with Gasteiger partial charge in [-0.3, -0.25) is 5.32 Å². The van der Waals surface area contributed by atoms with E-state index in [1.54, 1.807) is 0 Å². The Labute approximate surface area is 105 Å². The van der Waals surface area contributed by atoms with Crippen LogP contribution in [0, 0.1) is 33.1 Å². The maximum atomic E-state index is 5.83. The molecular formula is C15H22N2. The van der Waals surface area contributed by atoms with Crippen LogP contribution in [-0.4, -0.2) is 12.6 Å². The van der Waals surface area contributed by atoms with Gasteiger partial charge in [0, 0.05) is 12.6 Å². The fraction of sp³-hybridized carbons (Fsp3) is 0.467. The van der Waals surface area contributed by atoms with Crippen molar-refractivity contribution in [2.24, 2.45) is 5.73 Å². The van der Waals surface area contributed by atoms with Crippen molar-refractivity contribution in [1.29, 1.82) is 0 Å². The Balaban J connectivity index is 3.04. The molecule has 1 aromatic rings. The lowest BCUT2D eigenvalue weighted by molar-refractivity contribution is 0.516. The molecule has 0 aliphatic heterocycles. The van der Waals surface area contributed by atoms with Gasteiger partial charge in [0.2, 0.25) is 0 Å². The summed E-state index contributed by atoms with van der Waals surface area (Å²) in [4.78, 5) is 0. The zero-order valence-corrected chi connectivity index (χ0v) is 11.2. The molecule has 2 unspecified atom stereocenters. The lowest BCUT2D eigenvalue weighted by Crippen LogP contribution is -2.34. The molecule has 2 nitrogen and oxygen atoms in total. The molecule has 2 atom stereocenters. The molecule has 2 heteroatoms. The van der Waals surface area contributed by atoms with Crippen molar-refractivity contribution >= 4 is 0 Å². The van der Waals surface area contributed by atoms with Gasteiger partial charge in [-0.05, 0) is 49.9 Å². The number of benzene rings is 1. The third-order valence-corrected chi connectivity index (χ3v) is 3.19. The lowest BCUT2D eigenvalue weighted by Gasteiger charge is -2.22. The molecule has 92 valence electrons. The summed E-state index contributed by atoms with van der Waals surface area (Å²) in [6.45, 7) is 8.89. The first kappa shape index (κ1) is 13.8. The number of nitrogens with two attached hydrogens (primary N) is 1. The van der Waals surface area contributed by atoms with Crippen LogP contribution in [0.25, 0.3) is 0 Å². The zero-order valence-electron chi connectivity index (χ0n) is 11.2. The molecule has 17 heavy (non-hydrogen) atoms. The van der Waals surface area contributed by atoms with Gasteiger partial charge in [0.25, 0.3) is 0 Å². The van der Waals surface area contributed by atoms with E-state index in [0.717, 1.165) is 0 Å². The predicted molar refractivity (Wildman–Crippen MR) is 73.9 cm³/mol. The first-order valence-electron chi connectivity index (χ1n) is 5.99. The Bertz CT molecular complexity index is 429. The van der Waals surface area contributed by atoms with Gasteiger partial charge in [0.1, 0.15) is 0 Å². The molecule has 3 N–H and O–H groups in total. The number of hydrogen-bond donors (Lipinski definition) is 2. The van der Waals surface area contributed by atoms with Crippen molar-refractivity contribution in [2.75, 3.05) is 6.54 Å². The number of hydrogen-bond acceptors (Lipinski definition) is 2. The van der Waals surface area contributed by atoms with Crippen LogP contribution in [0.1, 0.15) is 35.2 Å². The van der Waals surface area contributed by atoms with E-state index in [9.17, 15) is 0 Å². The number of nitrogens with one attached hydrogen (secondary N) is 1. The topological polar surface area (TPSA) is 38.0 Å². The summed E-state index contributed by atoms with van der Waals surface area (Å²) in [5.41, 5.74) is 10.9. The number of terminal acetylenes is 1. The van der Waals surface area contributed by atoms with Crippen molar-refractivity contribution in [1.82, 2.24) is 5.32 Å². The maximum absolute atomic E-state index is 5.83. The second kappa shape index (κ2) is 5.86. The average Bonchev–Trinajstić information content (AvgIpc) is 2.30. The molecule has 0 spiro atoms. The van der Waals surface area contributed by atoms with Crippen molar-refractivity contribution < 1.29 is 0 Å². The molecule has 0 amide bonds. The third kappa shape index (κ3) is 3.33. The minimum atomic E-state index is 0.0320. The first-order valence-corrected chi connectivity index (χ1v) is 5.99. The minimum Gasteiger partial charge on any atom is -0.329 e. The van der Waals surface area contributed by atoms with Crippen LogP contribution in [0.15, 0.2) is 12.1 Å². The molecule has 0 saturated carbocycles. The second-order valence-electron chi connectivity index (χ2n) is 4.64. The van der Waals surface area contributed by atoms with Crippen molar-refractivity contribution in [3.63, 3.8) is 0 Å². The van der Waals surface area contributed by atoms with Crippen LogP contribution in [0.2, 0.25) is 0 Å². The van der Waals surface area contributed by atoms with Gasteiger partial charge in [0.05, 0.1) is 6.04 Å². The summed E-state index contributed by atoms with van der Waals surface area (Å²) >= 11 is 0. The smallest absolute Gasteiger partial charge is 0.0663 e. The molecule has 0 radical (unpaired) electrons. The summed E-state index contributed by atoms with van der Waals surface area (Å²) in [6.07, 6.45) is 5.39. The SMILES string of the molecule is C#CC(C)NC(CN)c1cc(C)c(C)cc1C. The van der Waals surface area contributed by atoms with E-state index in [2.05, 4.69) is 44.1 Å². The molecule has 0 aliphatic carbocycles. The van der Waals surface area contributed by atoms with E-state index < -0.39 is 0 Å². The molecule has 0 bridgehead atoms. The van der Waals surface area contributed by atoms with E-state index in [-0.39, 0.29) is 12.1 Å². The monoisotopic (exact) mass is 230 g/mol. The fourth-order valence-corrected chi connectivity index (χ4v) is 1.99. The Morgan fingerprint density at radius 3 is 2.35 bits per heavy atom. The quantitative estimate of drug-likeness (QED) is 0.778. The van der Waals surface area contributed by atoms with Crippen molar-refractivity contribution in [3.8, 4) is 12.3 Å². The molecule has 0 heterocycles. The maximum Gasteiger partial charge on any atom is 0.0663 e. The molecule has 1 rings (SSSR count). The number of aryl methyl sites for hydroxylation is 3. The Morgan fingerprint density at radius 1 is 1.24 bits per heavy atom. The Morgan fingerprint density at radius 2 is 1.82 bits per heavy atom. The van der Waals surface area contributed by atoms with Gasteiger partial charge < -0.3 is 5.73 Å². The van der Waals surface area contributed by atoms with E-state index >= 15 is 0 Å². The highest BCUT2D eigenvalue weighted by atomic mass is 15.0. The summed E-state index contributed by atoms with van der Waals surface area (Å²) in [5, 5.41) is 3.36. The second-order valence-corrected chi connectivity index (χ2v) is 4.64. The fourth-order valence-electron chi connectivity index (χ4n) is 1.99. The van der Waals surface area contributed by atoms with E-state index in [4.69, 9.17) is 12.2 Å². The van der Waals surface area contributed by atoms with Crippen LogP contribution in [0.3, 0.4) is 0 Å². The summed E-state index contributed by atoms with van der Waals surface area (Å²) in [6, 6.07) is 4.57. The van der Waals surface area contributed by atoms with Crippen LogP contribution in [0.5, 0.6) is 0 Å². The van der Waals surface area contributed by atoms with Crippen LogP contribution >= 0.6 is 0 Å². The highest BCUT2D eigenvalue weighted by molar-refractivity contribution is 5.38. The molecular weight excluding hydrogens is 208 g/mol. The molecule has 1 aromatic carbocycles. The molecule has 0 fully saturated rings. The van der Waals surface area contributed by atoms with Crippen molar-refractivity contribution in [3.05, 3.63) is 34.4 Å². The van der Waals surface area contributed by atoms with Crippen LogP contribution in [-0.2, 0) is 0 Å². The highest BCUT2D eigenvalue weighted by Crippen LogP contribution is 2.21. The van der Waals surface area contributed by atoms with Gasteiger partial charge in [-0.25, -0.2) is 0 Å². The van der Waals surface area contributed by atoms with E-state index in [1.807, 2.05) is 6.92 Å². The van der Waals surface area contributed by atoms with Gasteiger partial charge in [-0.2, -0.15) is 0 Å². The standard InChI is InChI=1S/C15H22N2/c1-6-13(5)17-15(9-16)14-8-11(3)10(2)7-12(14)4/h1,7-8,13,15,17H,9,16H2,2-5H3. The highest BCUT2D eigenvalue weighted by Gasteiger charge is 2.14. The zero-order chi connectivity index (χ0) is 13.0. The normalized spacial score (nSPS) is 14.1.